The van der Waals surface area contributed by atoms with Gasteiger partial charge >= 0.3 is 0 Å². The van der Waals surface area contributed by atoms with Gasteiger partial charge < -0.3 is 25.7 Å². The summed E-state index contributed by atoms with van der Waals surface area (Å²) in [5.41, 5.74) is 0. The second kappa shape index (κ2) is 54.3. The number of nitrogens with one attached hydrogen (secondary N) is 1. The van der Waals surface area contributed by atoms with Crippen LogP contribution in [-0.2, 0) is 4.79 Å². The highest BCUT2D eigenvalue weighted by Crippen LogP contribution is 2.19. The molecule has 65 heavy (non-hydrogen) atoms. The van der Waals surface area contributed by atoms with Gasteiger partial charge in [-0.2, -0.15) is 0 Å². The largest absolute Gasteiger partial charge is 0.394 e. The summed E-state index contributed by atoms with van der Waals surface area (Å²) in [5.74, 6) is -0.575. The summed E-state index contributed by atoms with van der Waals surface area (Å²) in [4.78, 5) is 12.6. The van der Waals surface area contributed by atoms with Gasteiger partial charge in [-0.25, -0.2) is 0 Å². The fraction of sp³-hybridized carbons (Fsp3) is 0.983. The summed E-state index contributed by atoms with van der Waals surface area (Å²) >= 11 is 0. The Bertz CT molecular complexity index is 902. The molecule has 0 aliphatic rings. The van der Waals surface area contributed by atoms with E-state index in [1.54, 1.807) is 0 Å². The van der Waals surface area contributed by atoms with Crippen molar-refractivity contribution in [3.05, 3.63) is 0 Å². The lowest BCUT2D eigenvalue weighted by Gasteiger charge is -2.27. The van der Waals surface area contributed by atoms with Crippen molar-refractivity contribution < 1.29 is 25.2 Å². The molecule has 0 aromatic rings. The molecule has 6 heteroatoms. The second-order valence-electron chi connectivity index (χ2n) is 21.1. The van der Waals surface area contributed by atoms with Crippen molar-refractivity contribution >= 4 is 5.91 Å². The molecule has 0 fully saturated rings. The van der Waals surface area contributed by atoms with E-state index in [0.717, 1.165) is 38.5 Å². The molecule has 0 aromatic heterocycles. The summed E-state index contributed by atoms with van der Waals surface area (Å²) in [6, 6.07) is -0.981. The predicted octanol–water partition coefficient (Wildman–Crippen LogP) is 17.5. The van der Waals surface area contributed by atoms with Crippen LogP contribution in [0.25, 0.3) is 0 Å². The minimum atomic E-state index is -1.25. The van der Waals surface area contributed by atoms with Gasteiger partial charge in [0.05, 0.1) is 18.8 Å². The molecule has 390 valence electrons. The van der Waals surface area contributed by atoms with Gasteiger partial charge in [0.1, 0.15) is 12.2 Å². The zero-order valence-corrected chi connectivity index (χ0v) is 44.3. The SMILES string of the molecule is CCCCCCCCCCCCCCCCCCCCCCCCCCCCCCCC(O)C(=O)NC(CO)C(O)C(O)CCCCCCCCCCCCCCCCCCCCCC. The molecule has 4 atom stereocenters. The van der Waals surface area contributed by atoms with Crippen molar-refractivity contribution in [2.45, 2.75) is 366 Å². The fourth-order valence-corrected chi connectivity index (χ4v) is 9.88. The first-order valence-electron chi connectivity index (χ1n) is 29.9. The molecule has 0 saturated heterocycles. The van der Waals surface area contributed by atoms with E-state index in [1.807, 2.05) is 0 Å². The maximum Gasteiger partial charge on any atom is 0.249 e. The molecule has 0 heterocycles. The molecule has 6 nitrogen and oxygen atoms in total. The van der Waals surface area contributed by atoms with Gasteiger partial charge in [-0.05, 0) is 12.8 Å². The summed E-state index contributed by atoms with van der Waals surface area (Å²) < 4.78 is 0. The number of aliphatic hydroxyl groups is 4. The Hall–Kier alpha value is -0.690. The Morgan fingerprint density at radius 2 is 0.523 bits per heavy atom. The Morgan fingerprint density at radius 3 is 0.738 bits per heavy atom. The zero-order chi connectivity index (χ0) is 47.4. The molecule has 0 bridgehead atoms. The maximum atomic E-state index is 12.6. The van der Waals surface area contributed by atoms with Crippen molar-refractivity contribution in [3.8, 4) is 0 Å². The molecule has 0 aliphatic heterocycles. The van der Waals surface area contributed by atoms with Crippen molar-refractivity contribution in [1.82, 2.24) is 5.32 Å². The second-order valence-corrected chi connectivity index (χ2v) is 21.1. The highest BCUT2D eigenvalue weighted by Gasteiger charge is 2.28. The lowest BCUT2D eigenvalue weighted by molar-refractivity contribution is -0.132. The molecule has 0 saturated carbocycles. The normalized spacial score (nSPS) is 13.6. The molecule has 0 aliphatic carbocycles. The summed E-state index contributed by atoms with van der Waals surface area (Å²) in [6.07, 6.45) is 63.3. The van der Waals surface area contributed by atoms with Gasteiger partial charge in [0.25, 0.3) is 0 Å². The molecule has 4 unspecified atom stereocenters. The molecule has 1 amide bonds. The third-order valence-electron chi connectivity index (χ3n) is 14.6. The van der Waals surface area contributed by atoms with Gasteiger partial charge in [-0.15, -0.1) is 0 Å². The van der Waals surface area contributed by atoms with Crippen LogP contribution in [0.15, 0.2) is 0 Å². The summed E-state index contributed by atoms with van der Waals surface area (Å²) in [7, 11) is 0. The van der Waals surface area contributed by atoms with Crippen molar-refractivity contribution in [2.75, 3.05) is 6.61 Å². The molecule has 0 aromatic carbocycles. The number of amides is 1. The van der Waals surface area contributed by atoms with E-state index in [9.17, 15) is 25.2 Å². The zero-order valence-electron chi connectivity index (χ0n) is 44.3. The Kier molecular flexibility index (Phi) is 53.7. The Morgan fingerprint density at radius 1 is 0.323 bits per heavy atom. The maximum absolute atomic E-state index is 12.6. The van der Waals surface area contributed by atoms with E-state index >= 15 is 0 Å². The number of hydrogen-bond acceptors (Lipinski definition) is 5. The topological polar surface area (TPSA) is 110 Å². The Labute approximate surface area is 407 Å². The minimum Gasteiger partial charge on any atom is -0.394 e. The van der Waals surface area contributed by atoms with Crippen LogP contribution in [0.5, 0.6) is 0 Å². The molecule has 0 spiro atoms. The van der Waals surface area contributed by atoms with E-state index in [-0.39, 0.29) is 0 Å². The first-order chi connectivity index (χ1) is 32.0. The van der Waals surface area contributed by atoms with E-state index in [0.29, 0.717) is 12.8 Å². The number of aliphatic hydroxyl groups excluding tert-OH is 4. The van der Waals surface area contributed by atoms with Crippen molar-refractivity contribution in [3.63, 3.8) is 0 Å². The van der Waals surface area contributed by atoms with Crippen molar-refractivity contribution in [1.29, 1.82) is 0 Å². The van der Waals surface area contributed by atoms with Gasteiger partial charge in [-0.1, -0.05) is 328 Å². The quantitative estimate of drug-likeness (QED) is 0.0390. The van der Waals surface area contributed by atoms with Gasteiger partial charge in [-0.3, -0.25) is 4.79 Å². The first-order valence-corrected chi connectivity index (χ1v) is 29.9. The molecule has 0 rings (SSSR count). The van der Waals surface area contributed by atoms with E-state index in [1.165, 1.54) is 276 Å². The smallest absolute Gasteiger partial charge is 0.249 e. The fourth-order valence-electron chi connectivity index (χ4n) is 9.88. The molecular weight excluding hydrogens is 803 g/mol. The number of unbranched alkanes of at least 4 members (excludes halogenated alkanes) is 47. The average molecular weight is 923 g/mol. The number of rotatable bonds is 56. The molecule has 0 radical (unpaired) electrons. The molecule has 5 N–H and O–H groups in total. The highest BCUT2D eigenvalue weighted by atomic mass is 16.3. The van der Waals surface area contributed by atoms with Crippen LogP contribution >= 0.6 is 0 Å². The summed E-state index contributed by atoms with van der Waals surface area (Å²) in [6.45, 7) is 4.10. The van der Waals surface area contributed by atoms with Crippen LogP contribution in [0.3, 0.4) is 0 Å². The van der Waals surface area contributed by atoms with Gasteiger partial charge in [0, 0.05) is 0 Å². The number of carbonyl (C=O) groups is 1. The minimum absolute atomic E-state index is 0.376. The van der Waals surface area contributed by atoms with Crippen LogP contribution in [0, 0.1) is 0 Å². The van der Waals surface area contributed by atoms with Gasteiger partial charge in [0.15, 0.2) is 0 Å². The third-order valence-corrected chi connectivity index (χ3v) is 14.6. The van der Waals surface area contributed by atoms with Crippen LogP contribution in [0.1, 0.15) is 341 Å². The van der Waals surface area contributed by atoms with Crippen LogP contribution in [0.4, 0.5) is 0 Å². The van der Waals surface area contributed by atoms with E-state index < -0.39 is 36.9 Å². The van der Waals surface area contributed by atoms with E-state index in [2.05, 4.69) is 19.2 Å². The highest BCUT2D eigenvalue weighted by molar-refractivity contribution is 5.80. The van der Waals surface area contributed by atoms with E-state index in [4.69, 9.17) is 0 Å². The summed E-state index contributed by atoms with van der Waals surface area (Å²) in [5, 5.41) is 44.1. The average Bonchev–Trinajstić information content (AvgIpc) is 3.31. The Balaban J connectivity index is 3.55. The first kappa shape index (κ1) is 64.3. The van der Waals surface area contributed by atoms with Crippen molar-refractivity contribution in [2.24, 2.45) is 0 Å². The lowest BCUT2D eigenvalue weighted by Crippen LogP contribution is -2.53. The molecular formula is C59H119NO5. The monoisotopic (exact) mass is 922 g/mol. The third kappa shape index (κ3) is 48.1. The number of hydrogen-bond donors (Lipinski definition) is 5. The van der Waals surface area contributed by atoms with Crippen LogP contribution in [0.2, 0.25) is 0 Å². The predicted molar refractivity (Wildman–Crippen MR) is 284 cm³/mol. The number of carbonyl (C=O) groups excluding carboxylic acids is 1. The van der Waals surface area contributed by atoms with Gasteiger partial charge in [0.2, 0.25) is 5.91 Å². The lowest BCUT2D eigenvalue weighted by atomic mass is 9.99. The standard InChI is InChI=1S/C59H119NO5/c1-3-5-7-9-11-13-15-17-19-21-23-25-26-27-28-29-30-31-32-33-35-37-39-41-43-45-47-49-51-53-57(63)59(65)60-55(54-61)58(64)56(62)52-50-48-46-44-42-40-38-36-34-24-22-20-18-16-14-12-10-8-6-4-2/h55-58,61-64H,3-54H2,1-2H3,(H,60,65). The van der Waals surface area contributed by atoms with Crippen LogP contribution in [-0.4, -0.2) is 57.3 Å². The van der Waals surface area contributed by atoms with Crippen LogP contribution < -0.4 is 5.32 Å².